The minimum Gasteiger partial charge on any atom is -0.313 e. The number of aromatic nitrogens is 1. The lowest BCUT2D eigenvalue weighted by Crippen LogP contribution is -2.37. The largest absolute Gasteiger partial charge is 0.313 e. The van der Waals surface area contributed by atoms with Crippen molar-refractivity contribution in [1.82, 2.24) is 4.57 Å². The van der Waals surface area contributed by atoms with E-state index in [4.69, 9.17) is 0 Å². The molecular weight excluding hydrogens is 161 g/mol. The number of hydrogen-bond donors (Lipinski definition) is 0. The zero-order valence-electron chi connectivity index (χ0n) is 8.13. The van der Waals surface area contributed by atoms with Gasteiger partial charge in [-0.1, -0.05) is 12.9 Å². The van der Waals surface area contributed by atoms with Crippen LogP contribution in [-0.2, 0) is 13.0 Å². The smallest absolute Gasteiger partial charge is 0.244 e. The Hall–Kier alpha value is -0.985. The van der Waals surface area contributed by atoms with Crippen molar-refractivity contribution in [2.45, 2.75) is 33.1 Å². The van der Waals surface area contributed by atoms with Crippen LogP contribution >= 0.6 is 0 Å². The molecule has 0 spiro atoms. The normalized spacial score (nSPS) is 14.3. The molecule has 0 saturated carbocycles. The van der Waals surface area contributed by atoms with Gasteiger partial charge in [0.25, 0.3) is 0 Å². The summed E-state index contributed by atoms with van der Waals surface area (Å²) in [6.07, 6.45) is 2.17. The van der Waals surface area contributed by atoms with E-state index in [-0.39, 0.29) is 5.56 Å². The lowest BCUT2D eigenvalue weighted by molar-refractivity contribution is 0.723. The molecule has 0 fully saturated rings. The number of pyridine rings is 1. The van der Waals surface area contributed by atoms with Crippen LogP contribution < -0.4 is 11.0 Å². The Morgan fingerprint density at radius 2 is 2.31 bits per heavy atom. The van der Waals surface area contributed by atoms with Crippen LogP contribution in [0.4, 0.5) is 0 Å². The van der Waals surface area contributed by atoms with E-state index in [0.717, 1.165) is 24.8 Å². The minimum atomic E-state index is 0.181. The molecule has 3 heteroatoms. The fourth-order valence-electron chi connectivity index (χ4n) is 2.05. The van der Waals surface area contributed by atoms with Crippen LogP contribution in [0, 0.1) is 6.92 Å². The van der Waals surface area contributed by atoms with E-state index in [1.54, 1.807) is 0 Å². The van der Waals surface area contributed by atoms with Gasteiger partial charge in [-0.2, -0.15) is 0 Å². The third-order valence-electron chi connectivity index (χ3n) is 2.75. The first kappa shape index (κ1) is 8.61. The molecule has 2 heterocycles. The van der Waals surface area contributed by atoms with E-state index in [2.05, 4.69) is 6.92 Å². The third kappa shape index (κ3) is 1.23. The van der Waals surface area contributed by atoms with Crippen molar-refractivity contribution in [3.8, 4) is 0 Å². The summed E-state index contributed by atoms with van der Waals surface area (Å²) in [6.45, 7) is 4.90. The van der Waals surface area contributed by atoms with Gasteiger partial charge in [0.2, 0.25) is 5.56 Å². The number of aryl methyl sites for hydroxylation is 1. The summed E-state index contributed by atoms with van der Waals surface area (Å²) in [5, 5.41) is 0. The van der Waals surface area contributed by atoms with E-state index in [9.17, 15) is 4.79 Å². The van der Waals surface area contributed by atoms with Gasteiger partial charge in [0, 0.05) is 12.2 Å². The second-order valence-electron chi connectivity index (χ2n) is 3.58. The third-order valence-corrected chi connectivity index (χ3v) is 2.75. The van der Waals surface area contributed by atoms with Crippen LogP contribution in [0.3, 0.4) is 0 Å². The maximum Gasteiger partial charge on any atom is 0.244 e. The predicted octanol–water partition coefficient (Wildman–Crippen LogP) is 0.481. The molecule has 2 nitrogen and oxygen atoms in total. The SMILES string of the molecule is C[B]c1cc(C)c2n(c1=O)CCC2. The van der Waals surface area contributed by atoms with Crippen LogP contribution in [-0.4, -0.2) is 11.8 Å². The molecule has 0 unspecified atom stereocenters. The molecule has 2 rings (SSSR count). The van der Waals surface area contributed by atoms with Crippen molar-refractivity contribution in [2.24, 2.45) is 0 Å². The van der Waals surface area contributed by atoms with Gasteiger partial charge in [-0.15, -0.1) is 0 Å². The average molecular weight is 174 g/mol. The summed E-state index contributed by atoms with van der Waals surface area (Å²) >= 11 is 0. The van der Waals surface area contributed by atoms with Gasteiger partial charge in [0.15, 0.2) is 7.28 Å². The monoisotopic (exact) mass is 174 g/mol. The summed E-state index contributed by atoms with van der Waals surface area (Å²) in [4.78, 5) is 11.8. The summed E-state index contributed by atoms with van der Waals surface area (Å²) in [7, 11) is 1.89. The van der Waals surface area contributed by atoms with Crippen LogP contribution in [0.25, 0.3) is 0 Å². The Kier molecular flexibility index (Phi) is 2.02. The Balaban J connectivity index is 2.70. The number of fused-ring (bicyclic) bond motifs is 1. The van der Waals surface area contributed by atoms with Gasteiger partial charge < -0.3 is 4.57 Å². The molecule has 1 aromatic heterocycles. The summed E-state index contributed by atoms with van der Waals surface area (Å²) in [5.74, 6) is 0. The van der Waals surface area contributed by atoms with Gasteiger partial charge in [-0.25, -0.2) is 0 Å². The second kappa shape index (κ2) is 3.06. The molecule has 1 radical (unpaired) electrons. The van der Waals surface area contributed by atoms with E-state index in [1.165, 1.54) is 11.3 Å². The first-order valence-corrected chi connectivity index (χ1v) is 4.76. The van der Waals surface area contributed by atoms with Crippen LogP contribution in [0.1, 0.15) is 17.7 Å². The van der Waals surface area contributed by atoms with Gasteiger partial charge in [-0.05, 0) is 30.8 Å². The van der Waals surface area contributed by atoms with E-state index < -0.39 is 0 Å². The van der Waals surface area contributed by atoms with Crippen LogP contribution in [0.2, 0.25) is 6.82 Å². The lowest BCUT2D eigenvalue weighted by Gasteiger charge is -2.08. The highest BCUT2D eigenvalue weighted by Crippen LogP contribution is 2.14. The molecule has 0 N–H and O–H groups in total. The zero-order valence-corrected chi connectivity index (χ0v) is 8.13. The van der Waals surface area contributed by atoms with Crippen molar-refractivity contribution < 1.29 is 0 Å². The van der Waals surface area contributed by atoms with Crippen molar-refractivity contribution in [3.63, 3.8) is 0 Å². The Bertz CT molecular complexity index is 395. The van der Waals surface area contributed by atoms with Crippen molar-refractivity contribution in [3.05, 3.63) is 27.7 Å². The summed E-state index contributed by atoms with van der Waals surface area (Å²) in [5.41, 5.74) is 3.50. The lowest BCUT2D eigenvalue weighted by atomic mass is 9.73. The number of rotatable bonds is 1. The maximum absolute atomic E-state index is 11.8. The molecule has 0 aromatic carbocycles. The van der Waals surface area contributed by atoms with Gasteiger partial charge >= 0.3 is 0 Å². The highest BCUT2D eigenvalue weighted by Gasteiger charge is 2.15. The molecule has 0 amide bonds. The summed E-state index contributed by atoms with van der Waals surface area (Å²) in [6, 6.07) is 2.00. The fraction of sp³-hybridized carbons (Fsp3) is 0.500. The van der Waals surface area contributed by atoms with Gasteiger partial charge in [-0.3, -0.25) is 4.79 Å². The van der Waals surface area contributed by atoms with E-state index in [1.807, 2.05) is 24.7 Å². The molecule has 0 saturated heterocycles. The fourth-order valence-corrected chi connectivity index (χ4v) is 2.05. The molecule has 1 aliphatic rings. The van der Waals surface area contributed by atoms with Crippen molar-refractivity contribution in [1.29, 1.82) is 0 Å². The second-order valence-corrected chi connectivity index (χ2v) is 3.58. The number of hydrogen-bond acceptors (Lipinski definition) is 1. The standard InChI is InChI=1S/C10H13BNO/c1-7-6-8(11-2)10(13)12-5-3-4-9(7)12/h6H,3-5H2,1-2H3. The Labute approximate surface area is 78.8 Å². The highest BCUT2D eigenvalue weighted by molar-refractivity contribution is 6.51. The van der Waals surface area contributed by atoms with Gasteiger partial charge in [0.1, 0.15) is 0 Å². The first-order valence-electron chi connectivity index (χ1n) is 4.76. The molecule has 1 aliphatic heterocycles. The van der Waals surface area contributed by atoms with Crippen LogP contribution in [0.15, 0.2) is 10.9 Å². The van der Waals surface area contributed by atoms with Crippen molar-refractivity contribution in [2.75, 3.05) is 0 Å². The maximum atomic E-state index is 11.8. The van der Waals surface area contributed by atoms with E-state index in [0.29, 0.717) is 0 Å². The first-order chi connectivity index (χ1) is 6.24. The van der Waals surface area contributed by atoms with Crippen LogP contribution in [0.5, 0.6) is 0 Å². The molecule has 0 atom stereocenters. The molecular formula is C10H13BNO. The molecule has 1 aromatic rings. The molecule has 13 heavy (non-hydrogen) atoms. The number of nitrogens with zero attached hydrogens (tertiary/aromatic N) is 1. The molecule has 0 bridgehead atoms. The van der Waals surface area contributed by atoms with Crippen molar-refractivity contribution >= 4 is 12.7 Å². The Morgan fingerprint density at radius 1 is 1.54 bits per heavy atom. The zero-order chi connectivity index (χ0) is 9.42. The molecule has 67 valence electrons. The van der Waals surface area contributed by atoms with Gasteiger partial charge in [0.05, 0.1) is 0 Å². The summed E-state index contributed by atoms with van der Waals surface area (Å²) < 4.78 is 1.92. The average Bonchev–Trinajstić information content (AvgIpc) is 2.60. The predicted molar refractivity (Wildman–Crippen MR) is 55.0 cm³/mol. The quantitative estimate of drug-likeness (QED) is 0.567. The highest BCUT2D eigenvalue weighted by atomic mass is 16.1. The topological polar surface area (TPSA) is 22.0 Å². The molecule has 0 aliphatic carbocycles. The Morgan fingerprint density at radius 3 is 3.00 bits per heavy atom. The minimum absolute atomic E-state index is 0.181. The van der Waals surface area contributed by atoms with E-state index >= 15 is 0 Å².